The molecule has 5 nitrogen and oxygen atoms in total. The summed E-state index contributed by atoms with van der Waals surface area (Å²) < 4.78 is 6.08. The Labute approximate surface area is 176 Å². The van der Waals surface area contributed by atoms with Gasteiger partial charge in [0.05, 0.1) is 6.54 Å². The van der Waals surface area contributed by atoms with Crippen LogP contribution < -0.4 is 14.9 Å². The van der Waals surface area contributed by atoms with Crippen LogP contribution in [0.2, 0.25) is 0 Å². The second kappa shape index (κ2) is 9.61. The molecule has 1 atom stereocenters. The van der Waals surface area contributed by atoms with Crippen LogP contribution in [-0.4, -0.2) is 29.9 Å². The summed E-state index contributed by atoms with van der Waals surface area (Å²) in [5.41, 5.74) is 4.00. The van der Waals surface area contributed by atoms with Gasteiger partial charge in [0.15, 0.2) is 0 Å². The number of hydrogen-bond donors (Lipinski definition) is 2. The molecule has 0 aromatic heterocycles. The van der Waals surface area contributed by atoms with Gasteiger partial charge in [0.25, 0.3) is 5.91 Å². The Balaban J connectivity index is 0.00000225. The van der Waals surface area contributed by atoms with Crippen molar-refractivity contribution in [3.8, 4) is 5.75 Å². The molecular formula is C21H25Cl2N3O2. The normalized spacial score (nSPS) is 18.5. The fourth-order valence-corrected chi connectivity index (χ4v) is 4.00. The maximum Gasteiger partial charge on any atom is 0.254 e. The maximum absolute atomic E-state index is 12.8. The molecule has 1 saturated heterocycles. The summed E-state index contributed by atoms with van der Waals surface area (Å²) in [6.07, 6.45) is 2.18. The van der Waals surface area contributed by atoms with Gasteiger partial charge in [0.2, 0.25) is 0 Å². The quantitative estimate of drug-likeness (QED) is 0.699. The van der Waals surface area contributed by atoms with E-state index in [4.69, 9.17) is 16.5 Å². The standard InChI is InChI=1S/C21H24ClN3O2.ClH/c22-24-11-15-6-8-16(9-7-15)14-27-20-5-1-4-18-19(20)13-25(21(18)26)17-3-2-10-23-12-17;/h1,4-9,17,23-24H,2-3,10-14H2;1H. The Morgan fingerprint density at radius 2 is 1.96 bits per heavy atom. The molecule has 2 aliphatic rings. The van der Waals surface area contributed by atoms with E-state index in [1.54, 1.807) is 0 Å². The van der Waals surface area contributed by atoms with Crippen LogP contribution in [0, 0.1) is 0 Å². The lowest BCUT2D eigenvalue weighted by Crippen LogP contribution is -2.46. The topological polar surface area (TPSA) is 53.6 Å². The molecule has 7 heteroatoms. The van der Waals surface area contributed by atoms with Crippen LogP contribution in [0.25, 0.3) is 0 Å². The molecule has 2 heterocycles. The van der Waals surface area contributed by atoms with Crippen molar-refractivity contribution in [3.05, 3.63) is 64.7 Å². The number of piperidine rings is 1. The average molecular weight is 422 g/mol. The monoisotopic (exact) mass is 421 g/mol. The number of halogens is 2. The van der Waals surface area contributed by atoms with E-state index in [0.717, 1.165) is 53.9 Å². The Bertz CT molecular complexity index is 808. The predicted molar refractivity (Wildman–Crippen MR) is 113 cm³/mol. The SMILES string of the molecule is Cl.O=C1c2cccc(OCc3ccc(CNCl)cc3)c2CN1C1CCCNC1. The van der Waals surface area contributed by atoms with Gasteiger partial charge < -0.3 is 15.0 Å². The minimum Gasteiger partial charge on any atom is -0.489 e. The summed E-state index contributed by atoms with van der Waals surface area (Å²) >= 11 is 5.54. The molecule has 28 heavy (non-hydrogen) atoms. The maximum atomic E-state index is 12.8. The summed E-state index contributed by atoms with van der Waals surface area (Å²) in [4.78, 5) is 17.5. The molecule has 0 saturated carbocycles. The van der Waals surface area contributed by atoms with Crippen molar-refractivity contribution in [3.63, 3.8) is 0 Å². The number of benzene rings is 2. The van der Waals surface area contributed by atoms with E-state index in [-0.39, 0.29) is 24.4 Å². The van der Waals surface area contributed by atoms with E-state index >= 15 is 0 Å². The number of carbonyl (C=O) groups is 1. The number of amides is 1. The Morgan fingerprint density at radius 3 is 2.68 bits per heavy atom. The number of carbonyl (C=O) groups excluding carboxylic acids is 1. The van der Waals surface area contributed by atoms with E-state index in [2.05, 4.69) is 10.2 Å². The van der Waals surface area contributed by atoms with Gasteiger partial charge in [-0.2, -0.15) is 0 Å². The molecule has 2 aliphatic heterocycles. The molecule has 150 valence electrons. The molecule has 0 bridgehead atoms. The summed E-state index contributed by atoms with van der Waals surface area (Å²) in [5, 5.41) is 3.40. The summed E-state index contributed by atoms with van der Waals surface area (Å²) in [6, 6.07) is 14.2. The Hall–Kier alpha value is -1.79. The highest BCUT2D eigenvalue weighted by Gasteiger charge is 2.34. The number of fused-ring (bicyclic) bond motifs is 1. The van der Waals surface area contributed by atoms with Crippen molar-refractivity contribution < 1.29 is 9.53 Å². The zero-order chi connectivity index (χ0) is 18.6. The second-order valence-electron chi connectivity index (χ2n) is 7.13. The lowest BCUT2D eigenvalue weighted by atomic mass is 10.1. The molecule has 4 rings (SSSR count). The predicted octanol–water partition coefficient (Wildman–Crippen LogP) is 3.64. The van der Waals surface area contributed by atoms with Crippen molar-refractivity contribution in [2.45, 2.75) is 38.6 Å². The summed E-state index contributed by atoms with van der Waals surface area (Å²) in [7, 11) is 0. The van der Waals surface area contributed by atoms with Crippen molar-refractivity contribution in [2.24, 2.45) is 0 Å². The fourth-order valence-electron chi connectivity index (χ4n) is 3.85. The lowest BCUT2D eigenvalue weighted by Gasteiger charge is -2.31. The number of nitrogens with zero attached hydrogens (tertiary/aromatic N) is 1. The lowest BCUT2D eigenvalue weighted by molar-refractivity contribution is 0.0674. The van der Waals surface area contributed by atoms with Gasteiger partial charge in [-0.1, -0.05) is 30.3 Å². The van der Waals surface area contributed by atoms with Crippen LogP contribution in [-0.2, 0) is 19.7 Å². The summed E-state index contributed by atoms with van der Waals surface area (Å²) in [6.45, 7) is 3.66. The molecule has 0 aliphatic carbocycles. The van der Waals surface area contributed by atoms with Crippen LogP contribution in [0.15, 0.2) is 42.5 Å². The Morgan fingerprint density at radius 1 is 1.18 bits per heavy atom. The zero-order valence-electron chi connectivity index (χ0n) is 15.6. The summed E-state index contributed by atoms with van der Waals surface area (Å²) in [5.74, 6) is 0.931. The van der Waals surface area contributed by atoms with Gasteiger partial charge >= 0.3 is 0 Å². The van der Waals surface area contributed by atoms with Crippen LogP contribution in [0.4, 0.5) is 0 Å². The second-order valence-corrected chi connectivity index (χ2v) is 7.40. The van der Waals surface area contributed by atoms with Crippen LogP contribution in [0.1, 0.15) is 39.9 Å². The molecule has 1 fully saturated rings. The van der Waals surface area contributed by atoms with Crippen molar-refractivity contribution >= 4 is 30.1 Å². The van der Waals surface area contributed by atoms with Gasteiger partial charge in [0.1, 0.15) is 12.4 Å². The highest BCUT2D eigenvalue weighted by atomic mass is 35.5. The van der Waals surface area contributed by atoms with Gasteiger partial charge in [0, 0.05) is 30.3 Å². The minimum atomic E-state index is 0. The molecule has 1 amide bonds. The molecule has 0 radical (unpaired) electrons. The third-order valence-electron chi connectivity index (χ3n) is 5.35. The molecule has 2 N–H and O–H groups in total. The highest BCUT2D eigenvalue weighted by molar-refractivity contribution is 6.13. The van der Waals surface area contributed by atoms with Gasteiger partial charge in [-0.05, 0) is 54.4 Å². The Kier molecular flexibility index (Phi) is 7.18. The number of nitrogens with one attached hydrogen (secondary N) is 2. The zero-order valence-corrected chi connectivity index (χ0v) is 17.2. The number of ether oxygens (including phenoxy) is 1. The molecule has 2 aromatic rings. The van der Waals surface area contributed by atoms with Crippen LogP contribution >= 0.6 is 24.2 Å². The first-order valence-corrected chi connectivity index (χ1v) is 9.82. The molecule has 1 unspecified atom stereocenters. The third-order valence-corrected chi connectivity index (χ3v) is 5.49. The largest absolute Gasteiger partial charge is 0.489 e. The minimum absolute atomic E-state index is 0. The van der Waals surface area contributed by atoms with Gasteiger partial charge in [-0.15, -0.1) is 12.4 Å². The number of hydrogen-bond acceptors (Lipinski definition) is 4. The average Bonchev–Trinajstić information content (AvgIpc) is 3.06. The van der Waals surface area contributed by atoms with E-state index < -0.39 is 0 Å². The van der Waals surface area contributed by atoms with Crippen molar-refractivity contribution in [1.82, 2.24) is 15.1 Å². The van der Waals surface area contributed by atoms with E-state index in [0.29, 0.717) is 19.7 Å². The van der Waals surface area contributed by atoms with E-state index in [1.165, 1.54) is 0 Å². The molecule has 0 spiro atoms. The smallest absolute Gasteiger partial charge is 0.254 e. The van der Waals surface area contributed by atoms with Crippen molar-refractivity contribution in [2.75, 3.05) is 13.1 Å². The van der Waals surface area contributed by atoms with Crippen LogP contribution in [0.3, 0.4) is 0 Å². The fraction of sp³-hybridized carbons (Fsp3) is 0.381. The van der Waals surface area contributed by atoms with E-state index in [1.807, 2.05) is 47.4 Å². The molecular weight excluding hydrogens is 397 g/mol. The number of rotatable bonds is 6. The molecule has 2 aromatic carbocycles. The van der Waals surface area contributed by atoms with Crippen LogP contribution in [0.5, 0.6) is 5.75 Å². The van der Waals surface area contributed by atoms with Gasteiger partial charge in [-0.3, -0.25) is 4.79 Å². The first-order valence-electron chi connectivity index (χ1n) is 9.44. The highest BCUT2D eigenvalue weighted by Crippen LogP contribution is 2.33. The van der Waals surface area contributed by atoms with E-state index in [9.17, 15) is 4.79 Å². The first kappa shape index (κ1) is 20.9. The van der Waals surface area contributed by atoms with Gasteiger partial charge in [-0.25, -0.2) is 4.84 Å². The third kappa shape index (κ3) is 4.44. The van der Waals surface area contributed by atoms with Crippen molar-refractivity contribution in [1.29, 1.82) is 0 Å². The first-order chi connectivity index (χ1) is 13.3.